The van der Waals surface area contributed by atoms with Crippen LogP contribution in [0.2, 0.25) is 0 Å². The standard InChI is InChI=1S/C19H12F3N3O2S/c20-19(21,22)10-27-12-5-6-14-15(9-12)28-18(24-14)25-17(26)16-13-4-2-1-3-11(13)7-8-23-16/h1-9H,10H2,(H,24,25,26). The molecule has 0 saturated heterocycles. The van der Waals surface area contributed by atoms with Gasteiger partial charge in [0.15, 0.2) is 11.7 Å². The summed E-state index contributed by atoms with van der Waals surface area (Å²) < 4.78 is 42.2. The van der Waals surface area contributed by atoms with Crippen LogP contribution >= 0.6 is 11.3 Å². The zero-order chi connectivity index (χ0) is 19.7. The van der Waals surface area contributed by atoms with E-state index in [9.17, 15) is 18.0 Å². The molecule has 0 fully saturated rings. The second-order valence-electron chi connectivity index (χ2n) is 5.89. The van der Waals surface area contributed by atoms with E-state index in [1.807, 2.05) is 24.3 Å². The Labute approximate surface area is 160 Å². The Balaban J connectivity index is 1.56. The van der Waals surface area contributed by atoms with Crippen molar-refractivity contribution in [2.75, 3.05) is 11.9 Å². The minimum Gasteiger partial charge on any atom is -0.484 e. The van der Waals surface area contributed by atoms with Gasteiger partial charge in [0, 0.05) is 11.6 Å². The topological polar surface area (TPSA) is 64.1 Å². The smallest absolute Gasteiger partial charge is 0.422 e. The lowest BCUT2D eigenvalue weighted by Crippen LogP contribution is -2.19. The molecule has 1 amide bonds. The first-order chi connectivity index (χ1) is 13.4. The van der Waals surface area contributed by atoms with Gasteiger partial charge in [-0.1, -0.05) is 35.6 Å². The molecule has 142 valence electrons. The Hall–Kier alpha value is -3.20. The number of carbonyl (C=O) groups excluding carboxylic acids is 1. The predicted molar refractivity (Wildman–Crippen MR) is 101 cm³/mol. The number of hydrogen-bond acceptors (Lipinski definition) is 5. The maximum Gasteiger partial charge on any atom is 0.422 e. The summed E-state index contributed by atoms with van der Waals surface area (Å²) >= 11 is 1.14. The zero-order valence-electron chi connectivity index (χ0n) is 14.2. The molecule has 0 atom stereocenters. The molecule has 0 saturated carbocycles. The summed E-state index contributed by atoms with van der Waals surface area (Å²) in [5, 5.41) is 4.62. The van der Waals surface area contributed by atoms with Crippen molar-refractivity contribution < 1.29 is 22.7 Å². The molecule has 2 aromatic heterocycles. The highest BCUT2D eigenvalue weighted by Crippen LogP contribution is 2.30. The van der Waals surface area contributed by atoms with E-state index in [-0.39, 0.29) is 11.4 Å². The molecule has 0 unspecified atom stereocenters. The van der Waals surface area contributed by atoms with E-state index in [1.165, 1.54) is 12.1 Å². The van der Waals surface area contributed by atoms with Gasteiger partial charge in [0.05, 0.1) is 10.2 Å². The molecule has 9 heteroatoms. The number of fused-ring (bicyclic) bond motifs is 2. The molecule has 4 aromatic rings. The maximum atomic E-state index is 12.6. The second kappa shape index (κ2) is 7.08. The van der Waals surface area contributed by atoms with Gasteiger partial charge in [-0.15, -0.1) is 0 Å². The van der Waals surface area contributed by atoms with E-state index >= 15 is 0 Å². The number of nitrogens with zero attached hydrogens (tertiary/aromatic N) is 2. The minimum atomic E-state index is -4.41. The Morgan fingerprint density at radius 3 is 2.79 bits per heavy atom. The van der Waals surface area contributed by atoms with Crippen LogP contribution < -0.4 is 10.1 Å². The van der Waals surface area contributed by atoms with Gasteiger partial charge in [-0.2, -0.15) is 13.2 Å². The van der Waals surface area contributed by atoms with E-state index < -0.39 is 18.7 Å². The molecule has 0 aliphatic rings. The molecule has 0 spiro atoms. The fraction of sp³-hybridized carbons (Fsp3) is 0.105. The van der Waals surface area contributed by atoms with E-state index in [0.717, 1.165) is 16.7 Å². The Bertz CT molecular complexity index is 1170. The van der Waals surface area contributed by atoms with Crippen LogP contribution in [-0.2, 0) is 0 Å². The van der Waals surface area contributed by atoms with Crippen LogP contribution in [0.25, 0.3) is 21.0 Å². The third-order valence-electron chi connectivity index (χ3n) is 3.87. The van der Waals surface area contributed by atoms with Crippen LogP contribution in [0.5, 0.6) is 5.75 Å². The van der Waals surface area contributed by atoms with Crippen LogP contribution in [0.3, 0.4) is 0 Å². The quantitative estimate of drug-likeness (QED) is 0.519. The molecule has 2 heterocycles. The Kier molecular flexibility index (Phi) is 4.60. The summed E-state index contributed by atoms with van der Waals surface area (Å²) in [6, 6.07) is 13.6. The van der Waals surface area contributed by atoms with Crippen molar-refractivity contribution in [1.82, 2.24) is 9.97 Å². The Morgan fingerprint density at radius 2 is 1.96 bits per heavy atom. The van der Waals surface area contributed by atoms with E-state index in [4.69, 9.17) is 4.74 Å². The predicted octanol–water partition coefficient (Wildman–Crippen LogP) is 5.04. The van der Waals surface area contributed by atoms with E-state index in [0.29, 0.717) is 20.7 Å². The summed E-state index contributed by atoms with van der Waals surface area (Å²) in [5.74, 6) is -0.327. The van der Waals surface area contributed by atoms with E-state index in [2.05, 4.69) is 15.3 Å². The first-order valence-corrected chi connectivity index (χ1v) is 8.96. The van der Waals surface area contributed by atoms with Gasteiger partial charge in [0.1, 0.15) is 11.4 Å². The van der Waals surface area contributed by atoms with Gasteiger partial charge in [-0.3, -0.25) is 15.1 Å². The summed E-state index contributed by atoms with van der Waals surface area (Å²) in [5.41, 5.74) is 0.817. The molecule has 0 radical (unpaired) electrons. The van der Waals surface area contributed by atoms with Crippen molar-refractivity contribution in [2.45, 2.75) is 6.18 Å². The summed E-state index contributed by atoms with van der Waals surface area (Å²) in [6.45, 7) is -1.37. The lowest BCUT2D eigenvalue weighted by atomic mass is 10.1. The van der Waals surface area contributed by atoms with Gasteiger partial charge in [0.2, 0.25) is 0 Å². The van der Waals surface area contributed by atoms with Crippen LogP contribution in [0.15, 0.2) is 54.7 Å². The van der Waals surface area contributed by atoms with Gasteiger partial charge in [0.25, 0.3) is 5.91 Å². The molecule has 2 aromatic carbocycles. The van der Waals surface area contributed by atoms with Crippen molar-refractivity contribution >= 4 is 43.4 Å². The number of aromatic nitrogens is 2. The summed E-state index contributed by atoms with van der Waals surface area (Å²) in [7, 11) is 0. The third-order valence-corrected chi connectivity index (χ3v) is 4.81. The van der Waals surface area contributed by atoms with Gasteiger partial charge in [-0.25, -0.2) is 4.98 Å². The number of alkyl halides is 3. The number of nitrogens with one attached hydrogen (secondary N) is 1. The van der Waals surface area contributed by atoms with Crippen LogP contribution in [0.4, 0.5) is 18.3 Å². The zero-order valence-corrected chi connectivity index (χ0v) is 15.0. The second-order valence-corrected chi connectivity index (χ2v) is 6.92. The van der Waals surface area contributed by atoms with Gasteiger partial charge < -0.3 is 4.74 Å². The molecular weight excluding hydrogens is 391 g/mol. The lowest BCUT2D eigenvalue weighted by Gasteiger charge is -2.08. The van der Waals surface area contributed by atoms with Crippen LogP contribution in [0, 0.1) is 0 Å². The molecular formula is C19H12F3N3O2S. The molecule has 1 N–H and O–H groups in total. The highest BCUT2D eigenvalue weighted by molar-refractivity contribution is 7.22. The average Bonchev–Trinajstić information content (AvgIpc) is 3.06. The molecule has 4 rings (SSSR count). The first-order valence-electron chi connectivity index (χ1n) is 8.14. The number of benzene rings is 2. The summed E-state index contributed by atoms with van der Waals surface area (Å²) in [6.07, 6.45) is -2.85. The number of anilines is 1. The average molecular weight is 403 g/mol. The minimum absolute atomic E-state index is 0.0853. The number of ether oxygens (including phenoxy) is 1. The molecule has 5 nitrogen and oxygen atoms in total. The number of thiazole rings is 1. The monoisotopic (exact) mass is 403 g/mol. The van der Waals surface area contributed by atoms with Crippen molar-refractivity contribution in [3.05, 3.63) is 60.4 Å². The third kappa shape index (κ3) is 3.89. The van der Waals surface area contributed by atoms with Crippen molar-refractivity contribution in [2.24, 2.45) is 0 Å². The van der Waals surface area contributed by atoms with Crippen molar-refractivity contribution in [3.8, 4) is 5.75 Å². The molecule has 0 bridgehead atoms. The highest BCUT2D eigenvalue weighted by atomic mass is 32.1. The van der Waals surface area contributed by atoms with Gasteiger partial charge >= 0.3 is 6.18 Å². The van der Waals surface area contributed by atoms with Crippen LogP contribution in [0.1, 0.15) is 10.5 Å². The fourth-order valence-electron chi connectivity index (χ4n) is 2.67. The summed E-state index contributed by atoms with van der Waals surface area (Å²) in [4.78, 5) is 21.1. The first kappa shape index (κ1) is 18.2. The number of rotatable bonds is 4. The number of pyridine rings is 1. The molecule has 0 aliphatic carbocycles. The maximum absolute atomic E-state index is 12.6. The molecule has 28 heavy (non-hydrogen) atoms. The molecule has 0 aliphatic heterocycles. The highest BCUT2D eigenvalue weighted by Gasteiger charge is 2.28. The SMILES string of the molecule is O=C(Nc1nc2ccc(OCC(F)(F)F)cc2s1)c1nccc2ccccc12. The Morgan fingerprint density at radius 1 is 1.14 bits per heavy atom. The largest absolute Gasteiger partial charge is 0.484 e. The van der Waals surface area contributed by atoms with E-state index in [1.54, 1.807) is 18.3 Å². The van der Waals surface area contributed by atoms with Crippen LogP contribution in [-0.4, -0.2) is 28.7 Å². The lowest BCUT2D eigenvalue weighted by molar-refractivity contribution is -0.153. The number of amides is 1. The number of halogens is 3. The normalized spacial score (nSPS) is 11.7. The van der Waals surface area contributed by atoms with Crippen molar-refractivity contribution in [3.63, 3.8) is 0 Å². The number of carbonyl (C=O) groups is 1. The fourth-order valence-corrected chi connectivity index (χ4v) is 3.56. The van der Waals surface area contributed by atoms with Gasteiger partial charge in [-0.05, 0) is 29.7 Å². The number of hydrogen-bond donors (Lipinski definition) is 1. The van der Waals surface area contributed by atoms with Crippen molar-refractivity contribution in [1.29, 1.82) is 0 Å².